The van der Waals surface area contributed by atoms with Crippen molar-refractivity contribution in [2.24, 2.45) is 0 Å². The molecule has 2 amide bonds. The van der Waals surface area contributed by atoms with Crippen LogP contribution in [0.1, 0.15) is 33.6 Å². The normalized spacial score (nSPS) is 13.0. The lowest BCUT2D eigenvalue weighted by Crippen LogP contribution is -2.26. The number of amides is 2. The van der Waals surface area contributed by atoms with E-state index >= 15 is 0 Å². The lowest BCUT2D eigenvalue weighted by atomic mass is 10.0. The number of rotatable bonds is 6. The van der Waals surface area contributed by atoms with Crippen LogP contribution in [0.4, 0.5) is 11.4 Å². The topological polar surface area (TPSA) is 92.4 Å². The molecule has 7 heteroatoms. The number of nitrogens with one attached hydrogen (secondary N) is 3. The van der Waals surface area contributed by atoms with Gasteiger partial charge in [0.15, 0.2) is 0 Å². The highest BCUT2D eigenvalue weighted by molar-refractivity contribution is 6.10. The number of carbonyl (C=O) groups is 2. The molecule has 1 fully saturated rings. The number of carbonyl (C=O) groups excluding carboxylic acids is 2. The molecule has 148 valence electrons. The van der Waals surface area contributed by atoms with E-state index in [2.05, 4.69) is 20.9 Å². The Morgan fingerprint density at radius 3 is 2.48 bits per heavy atom. The Morgan fingerprint density at radius 1 is 1.07 bits per heavy atom. The summed E-state index contributed by atoms with van der Waals surface area (Å²) in [5, 5.41) is 9.63. The number of benzene rings is 2. The summed E-state index contributed by atoms with van der Waals surface area (Å²) in [4.78, 5) is 29.7. The first-order valence-electron chi connectivity index (χ1n) is 9.46. The standard InChI is InChI=1S/C22H22N4O3/c1-23-21(27)16-10-15-18(11-19(16)29-2)24-12-17(22(28)26-14-8-9-14)20(15)25-13-6-4-3-5-7-13/h3-7,10-12,14H,8-9H2,1-2H3,(H,23,27)(H,24,25)(H,26,28). The van der Waals surface area contributed by atoms with Crippen molar-refractivity contribution in [2.75, 3.05) is 19.5 Å². The molecule has 1 aliphatic rings. The van der Waals surface area contributed by atoms with Crippen LogP contribution in [-0.2, 0) is 0 Å². The van der Waals surface area contributed by atoms with Crippen LogP contribution in [0.25, 0.3) is 10.9 Å². The zero-order chi connectivity index (χ0) is 20.4. The van der Waals surface area contributed by atoms with E-state index in [1.807, 2.05) is 30.3 Å². The van der Waals surface area contributed by atoms with Crippen LogP contribution < -0.4 is 20.7 Å². The molecule has 0 saturated heterocycles. The Kier molecular flexibility index (Phi) is 5.03. The van der Waals surface area contributed by atoms with Crippen molar-refractivity contribution < 1.29 is 14.3 Å². The van der Waals surface area contributed by atoms with E-state index in [9.17, 15) is 9.59 Å². The molecule has 29 heavy (non-hydrogen) atoms. The molecule has 3 aromatic rings. The molecule has 1 saturated carbocycles. The van der Waals surface area contributed by atoms with Gasteiger partial charge in [-0.25, -0.2) is 0 Å². The van der Waals surface area contributed by atoms with Gasteiger partial charge < -0.3 is 20.7 Å². The molecular formula is C22H22N4O3. The molecule has 0 aliphatic heterocycles. The monoisotopic (exact) mass is 390 g/mol. The van der Waals surface area contributed by atoms with Gasteiger partial charge >= 0.3 is 0 Å². The molecule has 0 unspecified atom stereocenters. The van der Waals surface area contributed by atoms with Crippen molar-refractivity contribution in [1.82, 2.24) is 15.6 Å². The second-order valence-electron chi connectivity index (χ2n) is 6.93. The Bertz CT molecular complexity index is 1080. The number of pyridine rings is 1. The van der Waals surface area contributed by atoms with Gasteiger partial charge in [-0.2, -0.15) is 0 Å². The number of fused-ring (bicyclic) bond motifs is 1. The fraction of sp³-hybridized carbons (Fsp3) is 0.227. The first kappa shape index (κ1) is 18.7. The van der Waals surface area contributed by atoms with Gasteiger partial charge in [0.25, 0.3) is 11.8 Å². The number of anilines is 2. The number of methoxy groups -OCH3 is 1. The molecule has 0 atom stereocenters. The lowest BCUT2D eigenvalue weighted by Gasteiger charge is -2.16. The summed E-state index contributed by atoms with van der Waals surface area (Å²) in [6.45, 7) is 0. The van der Waals surface area contributed by atoms with E-state index in [0.717, 1.165) is 18.5 Å². The van der Waals surface area contributed by atoms with Crippen LogP contribution in [0.5, 0.6) is 5.75 Å². The average Bonchev–Trinajstić information content (AvgIpc) is 3.57. The third-order valence-corrected chi connectivity index (χ3v) is 4.86. The molecular weight excluding hydrogens is 368 g/mol. The maximum Gasteiger partial charge on any atom is 0.255 e. The summed E-state index contributed by atoms with van der Waals surface area (Å²) in [7, 11) is 3.07. The number of hydrogen-bond acceptors (Lipinski definition) is 5. The number of nitrogens with zero attached hydrogens (tertiary/aromatic N) is 1. The fourth-order valence-corrected chi connectivity index (χ4v) is 3.16. The quantitative estimate of drug-likeness (QED) is 0.601. The SMILES string of the molecule is CNC(=O)c1cc2c(Nc3ccccc3)c(C(=O)NC3CC3)cnc2cc1OC. The van der Waals surface area contributed by atoms with Gasteiger partial charge in [0.05, 0.1) is 29.4 Å². The predicted molar refractivity (Wildman–Crippen MR) is 112 cm³/mol. The minimum Gasteiger partial charge on any atom is -0.496 e. The summed E-state index contributed by atoms with van der Waals surface area (Å²) < 4.78 is 5.37. The molecule has 4 rings (SSSR count). The summed E-state index contributed by atoms with van der Waals surface area (Å²) in [6, 6.07) is 13.2. The zero-order valence-corrected chi connectivity index (χ0v) is 16.3. The van der Waals surface area contributed by atoms with E-state index in [1.165, 1.54) is 7.11 Å². The molecule has 1 aliphatic carbocycles. The predicted octanol–water partition coefficient (Wildman–Crippen LogP) is 3.24. The minimum absolute atomic E-state index is 0.183. The number of para-hydroxylation sites is 1. The van der Waals surface area contributed by atoms with Gasteiger partial charge in [0.1, 0.15) is 5.75 Å². The Morgan fingerprint density at radius 2 is 1.83 bits per heavy atom. The van der Waals surface area contributed by atoms with E-state index in [4.69, 9.17) is 4.74 Å². The van der Waals surface area contributed by atoms with E-state index in [-0.39, 0.29) is 17.9 Å². The summed E-state index contributed by atoms with van der Waals surface area (Å²) in [6.07, 6.45) is 3.54. The molecule has 3 N–H and O–H groups in total. The number of hydrogen-bond donors (Lipinski definition) is 3. The fourth-order valence-electron chi connectivity index (χ4n) is 3.16. The molecule has 1 aromatic heterocycles. The van der Waals surface area contributed by atoms with Crippen LogP contribution >= 0.6 is 0 Å². The van der Waals surface area contributed by atoms with E-state index in [0.29, 0.717) is 33.5 Å². The molecule has 2 aromatic carbocycles. The number of aromatic nitrogens is 1. The molecule has 0 spiro atoms. The smallest absolute Gasteiger partial charge is 0.255 e. The second kappa shape index (κ2) is 7.79. The maximum atomic E-state index is 12.9. The van der Waals surface area contributed by atoms with Crippen LogP contribution in [0.3, 0.4) is 0 Å². The second-order valence-corrected chi connectivity index (χ2v) is 6.93. The van der Waals surface area contributed by atoms with Crippen molar-refractivity contribution in [2.45, 2.75) is 18.9 Å². The molecule has 0 bridgehead atoms. The van der Waals surface area contributed by atoms with Crippen molar-refractivity contribution in [3.05, 3.63) is 59.8 Å². The first-order valence-corrected chi connectivity index (χ1v) is 9.46. The van der Waals surface area contributed by atoms with Crippen molar-refractivity contribution in [3.8, 4) is 5.75 Å². The average molecular weight is 390 g/mol. The van der Waals surface area contributed by atoms with Crippen LogP contribution in [0.2, 0.25) is 0 Å². The van der Waals surface area contributed by atoms with Crippen LogP contribution in [0, 0.1) is 0 Å². The lowest BCUT2D eigenvalue weighted by molar-refractivity contribution is 0.0947. The number of ether oxygens (including phenoxy) is 1. The van der Waals surface area contributed by atoms with Crippen molar-refractivity contribution in [3.63, 3.8) is 0 Å². The van der Waals surface area contributed by atoms with E-state index in [1.54, 1.807) is 25.4 Å². The highest BCUT2D eigenvalue weighted by atomic mass is 16.5. The summed E-state index contributed by atoms with van der Waals surface area (Å²) in [5.41, 5.74) is 2.86. The minimum atomic E-state index is -0.276. The van der Waals surface area contributed by atoms with Gasteiger partial charge in [-0.3, -0.25) is 14.6 Å². The zero-order valence-electron chi connectivity index (χ0n) is 16.3. The highest BCUT2D eigenvalue weighted by Crippen LogP contribution is 2.34. The Balaban J connectivity index is 1.90. The van der Waals surface area contributed by atoms with Gasteiger partial charge in [0, 0.05) is 36.4 Å². The Hall–Kier alpha value is -3.61. The van der Waals surface area contributed by atoms with Crippen LogP contribution in [-0.4, -0.2) is 37.0 Å². The largest absolute Gasteiger partial charge is 0.496 e. The summed E-state index contributed by atoms with van der Waals surface area (Å²) >= 11 is 0. The third-order valence-electron chi connectivity index (χ3n) is 4.86. The van der Waals surface area contributed by atoms with Crippen molar-refractivity contribution >= 4 is 34.1 Å². The first-order chi connectivity index (χ1) is 14.1. The van der Waals surface area contributed by atoms with Gasteiger partial charge in [-0.1, -0.05) is 18.2 Å². The van der Waals surface area contributed by atoms with Gasteiger partial charge in [-0.05, 0) is 31.0 Å². The van der Waals surface area contributed by atoms with Gasteiger partial charge in [0.2, 0.25) is 0 Å². The van der Waals surface area contributed by atoms with Gasteiger partial charge in [-0.15, -0.1) is 0 Å². The molecule has 0 radical (unpaired) electrons. The summed E-state index contributed by atoms with van der Waals surface area (Å²) in [5.74, 6) is -0.0370. The third kappa shape index (κ3) is 3.85. The van der Waals surface area contributed by atoms with Crippen molar-refractivity contribution in [1.29, 1.82) is 0 Å². The maximum absolute atomic E-state index is 12.9. The Labute approximate surface area is 168 Å². The van der Waals surface area contributed by atoms with E-state index < -0.39 is 0 Å². The van der Waals surface area contributed by atoms with Crippen LogP contribution in [0.15, 0.2) is 48.7 Å². The molecule has 1 heterocycles. The molecule has 7 nitrogen and oxygen atoms in total. The highest BCUT2D eigenvalue weighted by Gasteiger charge is 2.26.